The second-order valence-electron chi connectivity index (χ2n) is 6.49. The summed E-state index contributed by atoms with van der Waals surface area (Å²) in [5.41, 5.74) is 0.123. The summed E-state index contributed by atoms with van der Waals surface area (Å²) in [6, 6.07) is 4.31. The van der Waals surface area contributed by atoms with E-state index in [2.05, 4.69) is 23.6 Å². The number of aromatic nitrogens is 1. The molecule has 0 N–H and O–H groups in total. The number of hydrogen-bond acceptors (Lipinski definition) is 3. The van der Waals surface area contributed by atoms with Gasteiger partial charge in [-0.15, -0.1) is 0 Å². The first-order valence-corrected chi connectivity index (χ1v) is 8.22. The molecule has 1 atom stereocenters. The van der Waals surface area contributed by atoms with Gasteiger partial charge in [0.1, 0.15) is 5.69 Å². The van der Waals surface area contributed by atoms with Crippen molar-refractivity contribution in [2.45, 2.75) is 39.3 Å². The van der Waals surface area contributed by atoms with Crippen LogP contribution in [0.1, 0.15) is 43.6 Å². The molecule has 1 saturated heterocycles. The average Bonchev–Trinajstić information content (AvgIpc) is 2.78. The summed E-state index contributed by atoms with van der Waals surface area (Å²) >= 11 is 0. The standard InChI is InChI=1S/C17H23F3N2O2/c1-12(2)13-5-4-9-22(10-8-13)16(23)14-6-3-7-15(21-14)24-11-17(18,19)20/h3,6-7,12-13H,4-5,8-11H2,1-2H3/t13-/m1/s1. The highest BCUT2D eigenvalue weighted by atomic mass is 19.4. The highest BCUT2D eigenvalue weighted by molar-refractivity contribution is 5.92. The van der Waals surface area contributed by atoms with Crippen molar-refractivity contribution in [3.63, 3.8) is 0 Å². The Kier molecular flexibility index (Phi) is 6.07. The van der Waals surface area contributed by atoms with Gasteiger partial charge >= 0.3 is 6.18 Å². The molecule has 2 heterocycles. The lowest BCUT2D eigenvalue weighted by Crippen LogP contribution is -2.32. The van der Waals surface area contributed by atoms with Crippen LogP contribution < -0.4 is 4.74 Å². The molecule has 134 valence electrons. The van der Waals surface area contributed by atoms with Crippen LogP contribution in [-0.2, 0) is 0 Å². The van der Waals surface area contributed by atoms with E-state index in [1.165, 1.54) is 18.2 Å². The van der Waals surface area contributed by atoms with Crippen molar-refractivity contribution in [1.29, 1.82) is 0 Å². The molecule has 2 rings (SSSR count). The number of hydrogen-bond donors (Lipinski definition) is 0. The van der Waals surface area contributed by atoms with E-state index in [1.54, 1.807) is 4.90 Å². The van der Waals surface area contributed by atoms with E-state index in [4.69, 9.17) is 0 Å². The SMILES string of the molecule is CC(C)[C@@H]1CCCN(C(=O)c2cccc(OCC(F)(F)F)n2)CC1. The Balaban J connectivity index is 2.01. The summed E-state index contributed by atoms with van der Waals surface area (Å²) in [5, 5.41) is 0. The van der Waals surface area contributed by atoms with Crippen LogP contribution in [-0.4, -0.2) is 41.7 Å². The number of nitrogens with zero attached hydrogens (tertiary/aromatic N) is 2. The Hall–Kier alpha value is -1.79. The van der Waals surface area contributed by atoms with Crippen molar-refractivity contribution in [3.05, 3.63) is 23.9 Å². The van der Waals surface area contributed by atoms with Gasteiger partial charge in [-0.25, -0.2) is 4.98 Å². The summed E-state index contributed by atoms with van der Waals surface area (Å²) in [6.07, 6.45) is -1.48. The number of alkyl halides is 3. The number of carbonyl (C=O) groups excluding carboxylic acids is 1. The maximum Gasteiger partial charge on any atom is 0.422 e. The lowest BCUT2D eigenvalue weighted by Gasteiger charge is -2.21. The van der Waals surface area contributed by atoms with Crippen molar-refractivity contribution in [1.82, 2.24) is 9.88 Å². The number of amides is 1. The number of halogens is 3. The number of carbonyl (C=O) groups is 1. The number of ether oxygens (including phenoxy) is 1. The molecule has 0 saturated carbocycles. The first kappa shape index (κ1) is 18.5. The van der Waals surface area contributed by atoms with Crippen molar-refractivity contribution in [2.75, 3.05) is 19.7 Å². The quantitative estimate of drug-likeness (QED) is 0.831. The first-order valence-electron chi connectivity index (χ1n) is 8.22. The molecule has 1 aliphatic rings. The van der Waals surface area contributed by atoms with E-state index in [1.807, 2.05) is 0 Å². The van der Waals surface area contributed by atoms with Crippen molar-refractivity contribution in [3.8, 4) is 5.88 Å². The highest BCUT2D eigenvalue weighted by Gasteiger charge is 2.29. The smallest absolute Gasteiger partial charge is 0.422 e. The van der Waals surface area contributed by atoms with Gasteiger partial charge in [-0.1, -0.05) is 19.9 Å². The molecule has 1 aromatic heterocycles. The summed E-state index contributed by atoms with van der Waals surface area (Å²) < 4.78 is 41.2. The molecule has 0 unspecified atom stereocenters. The van der Waals surface area contributed by atoms with Crippen LogP contribution in [0.15, 0.2) is 18.2 Å². The summed E-state index contributed by atoms with van der Waals surface area (Å²) in [4.78, 5) is 18.2. The Morgan fingerprint density at radius 2 is 2.08 bits per heavy atom. The second kappa shape index (κ2) is 7.85. The molecule has 0 bridgehead atoms. The summed E-state index contributed by atoms with van der Waals surface area (Å²) in [6.45, 7) is 4.25. The minimum Gasteiger partial charge on any atom is -0.468 e. The molecule has 1 aromatic rings. The zero-order chi connectivity index (χ0) is 17.7. The fraction of sp³-hybridized carbons (Fsp3) is 0.647. The summed E-state index contributed by atoms with van der Waals surface area (Å²) in [5.74, 6) is 0.736. The minimum atomic E-state index is -4.43. The Morgan fingerprint density at radius 3 is 2.75 bits per heavy atom. The summed E-state index contributed by atoms with van der Waals surface area (Å²) in [7, 11) is 0. The van der Waals surface area contributed by atoms with Gasteiger partial charge in [0.2, 0.25) is 5.88 Å². The monoisotopic (exact) mass is 344 g/mol. The Bertz CT molecular complexity index is 561. The minimum absolute atomic E-state index is 0.123. The van der Waals surface area contributed by atoms with Gasteiger partial charge in [0, 0.05) is 19.2 Å². The van der Waals surface area contributed by atoms with Crippen LogP contribution >= 0.6 is 0 Å². The van der Waals surface area contributed by atoms with Gasteiger partial charge in [-0.05, 0) is 37.2 Å². The van der Waals surface area contributed by atoms with E-state index in [9.17, 15) is 18.0 Å². The van der Waals surface area contributed by atoms with E-state index in [0.29, 0.717) is 24.9 Å². The molecular formula is C17H23F3N2O2. The van der Waals surface area contributed by atoms with Crippen LogP contribution in [0.5, 0.6) is 5.88 Å². The molecule has 0 aromatic carbocycles. The molecule has 0 spiro atoms. The van der Waals surface area contributed by atoms with E-state index in [0.717, 1.165) is 19.3 Å². The van der Waals surface area contributed by atoms with Crippen molar-refractivity contribution >= 4 is 5.91 Å². The molecule has 0 radical (unpaired) electrons. The molecule has 4 nitrogen and oxygen atoms in total. The molecule has 1 amide bonds. The Labute approximate surface area is 140 Å². The molecule has 0 aliphatic carbocycles. The van der Waals surface area contributed by atoms with Gasteiger partial charge in [0.05, 0.1) is 0 Å². The predicted molar refractivity (Wildman–Crippen MR) is 83.9 cm³/mol. The molecule has 24 heavy (non-hydrogen) atoms. The third-order valence-corrected chi connectivity index (χ3v) is 4.33. The maximum absolute atomic E-state index is 12.6. The topological polar surface area (TPSA) is 42.4 Å². The van der Waals surface area contributed by atoms with Crippen LogP contribution in [0.25, 0.3) is 0 Å². The van der Waals surface area contributed by atoms with Gasteiger partial charge in [0.15, 0.2) is 6.61 Å². The van der Waals surface area contributed by atoms with Crippen LogP contribution in [0, 0.1) is 11.8 Å². The van der Waals surface area contributed by atoms with Crippen molar-refractivity contribution in [2.24, 2.45) is 11.8 Å². The number of pyridine rings is 1. The molecule has 1 aliphatic heterocycles. The van der Waals surface area contributed by atoms with Crippen LogP contribution in [0.2, 0.25) is 0 Å². The van der Waals surface area contributed by atoms with E-state index in [-0.39, 0.29) is 17.5 Å². The lowest BCUT2D eigenvalue weighted by molar-refractivity contribution is -0.154. The third-order valence-electron chi connectivity index (χ3n) is 4.33. The van der Waals surface area contributed by atoms with Gasteiger partial charge in [-0.3, -0.25) is 4.79 Å². The van der Waals surface area contributed by atoms with Gasteiger partial charge < -0.3 is 9.64 Å². The second-order valence-corrected chi connectivity index (χ2v) is 6.49. The third kappa shape index (κ3) is 5.39. The van der Waals surface area contributed by atoms with E-state index >= 15 is 0 Å². The lowest BCUT2D eigenvalue weighted by atomic mass is 9.89. The zero-order valence-corrected chi connectivity index (χ0v) is 14.0. The van der Waals surface area contributed by atoms with Crippen LogP contribution in [0.3, 0.4) is 0 Å². The number of rotatable bonds is 4. The Morgan fingerprint density at radius 1 is 1.33 bits per heavy atom. The normalized spacial score (nSPS) is 19.2. The average molecular weight is 344 g/mol. The van der Waals surface area contributed by atoms with E-state index < -0.39 is 12.8 Å². The van der Waals surface area contributed by atoms with Gasteiger partial charge in [-0.2, -0.15) is 13.2 Å². The molecule has 1 fully saturated rings. The maximum atomic E-state index is 12.6. The fourth-order valence-electron chi connectivity index (χ4n) is 2.92. The zero-order valence-electron chi connectivity index (χ0n) is 14.0. The van der Waals surface area contributed by atoms with Crippen molar-refractivity contribution < 1.29 is 22.7 Å². The first-order chi connectivity index (χ1) is 11.3. The number of likely N-dealkylation sites (tertiary alicyclic amines) is 1. The largest absolute Gasteiger partial charge is 0.468 e. The fourth-order valence-corrected chi connectivity index (χ4v) is 2.92. The molecule has 7 heteroatoms. The molecular weight excluding hydrogens is 321 g/mol. The van der Waals surface area contributed by atoms with Crippen LogP contribution in [0.4, 0.5) is 13.2 Å². The highest BCUT2D eigenvalue weighted by Crippen LogP contribution is 2.25. The van der Waals surface area contributed by atoms with Gasteiger partial charge in [0.25, 0.3) is 5.91 Å². The predicted octanol–water partition coefficient (Wildman–Crippen LogP) is 3.92.